The minimum Gasteiger partial charge on any atom is -0.326 e. The second kappa shape index (κ2) is 12.2. The normalized spacial score (nSPS) is 20.0. The van der Waals surface area contributed by atoms with Crippen LogP contribution in [0.5, 0.6) is 0 Å². The molecule has 2 unspecified atom stereocenters. The summed E-state index contributed by atoms with van der Waals surface area (Å²) in [5.74, 6) is 0.622. The van der Waals surface area contributed by atoms with Crippen molar-refractivity contribution < 1.29 is 18.0 Å². The number of amidine groups is 1. The second-order valence-corrected chi connectivity index (χ2v) is 13.8. The number of benzene rings is 3. The number of thioether (sulfide) groups is 2. The Morgan fingerprint density at radius 2 is 1.77 bits per heavy atom. The molecule has 1 saturated heterocycles. The van der Waals surface area contributed by atoms with Gasteiger partial charge in [-0.1, -0.05) is 66.4 Å². The fraction of sp³-hybridized carbons (Fsp3) is 0.276. The highest BCUT2D eigenvalue weighted by Crippen LogP contribution is 2.40. The van der Waals surface area contributed by atoms with Crippen molar-refractivity contribution in [1.82, 2.24) is 4.90 Å². The fourth-order valence-corrected chi connectivity index (χ4v) is 7.70. The van der Waals surface area contributed by atoms with Crippen molar-refractivity contribution in [2.45, 2.75) is 41.7 Å². The third kappa shape index (κ3) is 6.60. The van der Waals surface area contributed by atoms with Gasteiger partial charge < -0.3 is 5.32 Å². The topological polar surface area (TPSA) is 122 Å². The first-order valence-electron chi connectivity index (χ1n) is 12.9. The molecule has 0 aliphatic carbocycles. The number of nitrogens with two attached hydrogens (primary N) is 1. The third-order valence-electron chi connectivity index (χ3n) is 6.90. The number of anilines is 1. The lowest BCUT2D eigenvalue weighted by Gasteiger charge is -2.29. The smallest absolute Gasteiger partial charge is 0.242 e. The van der Waals surface area contributed by atoms with Gasteiger partial charge in [0.15, 0.2) is 5.17 Å². The molecule has 1 fully saturated rings. The molecule has 0 aromatic heterocycles. The molecule has 2 aliphatic rings. The minimum absolute atomic E-state index is 0.0312. The third-order valence-corrected chi connectivity index (χ3v) is 10.3. The first-order valence-corrected chi connectivity index (χ1v) is 16.4. The molecule has 8 nitrogen and oxygen atoms in total. The molecule has 2 heterocycles. The number of hydrogen-bond donors (Lipinski definition) is 2. The predicted octanol–water partition coefficient (Wildman–Crippen LogP) is 4.50. The Balaban J connectivity index is 1.36. The number of nitrogens with zero attached hydrogens (tertiary/aromatic N) is 2. The van der Waals surface area contributed by atoms with Gasteiger partial charge in [-0.2, -0.15) is 11.8 Å². The summed E-state index contributed by atoms with van der Waals surface area (Å²) in [6.45, 7) is 2.65. The SMILES string of the molecule is Cc1ccccc1NC(=O)CC1SC(=NCc2ccc(S(N)(=O)=O)cc2)N(CC2SCCc3ccccc32)C1=O. The number of rotatable bonds is 8. The molecule has 208 valence electrons. The van der Waals surface area contributed by atoms with Gasteiger partial charge in [-0.05, 0) is 59.6 Å². The highest BCUT2D eigenvalue weighted by atomic mass is 32.2. The Labute approximate surface area is 242 Å². The van der Waals surface area contributed by atoms with Crippen LogP contribution >= 0.6 is 23.5 Å². The molecular formula is C29H30N4O4S3. The lowest BCUT2D eigenvalue weighted by Crippen LogP contribution is -2.36. The van der Waals surface area contributed by atoms with Crippen LogP contribution in [0.25, 0.3) is 0 Å². The Kier molecular flexibility index (Phi) is 8.65. The highest BCUT2D eigenvalue weighted by Gasteiger charge is 2.40. The summed E-state index contributed by atoms with van der Waals surface area (Å²) >= 11 is 3.13. The standard InChI is InChI=1S/C29H30N4O4S3/c1-19-6-2-5-9-24(19)32-27(34)16-25-28(35)33(18-26-23-8-4-3-7-21(23)14-15-38-26)29(39-25)31-17-20-10-12-22(13-11-20)40(30,36)37/h2-13,25-26H,14-18H2,1H3,(H,32,34)(H2,30,36,37). The number of carbonyl (C=O) groups excluding carboxylic acids is 2. The van der Waals surface area contributed by atoms with Crippen LogP contribution in [0.4, 0.5) is 5.69 Å². The van der Waals surface area contributed by atoms with Crippen LogP contribution < -0.4 is 10.5 Å². The summed E-state index contributed by atoms with van der Waals surface area (Å²) in [4.78, 5) is 33.1. The van der Waals surface area contributed by atoms with Crippen LogP contribution in [0.3, 0.4) is 0 Å². The number of para-hydroxylation sites is 1. The lowest BCUT2D eigenvalue weighted by molar-refractivity contribution is -0.128. The summed E-state index contributed by atoms with van der Waals surface area (Å²) in [5, 5.41) is 8.23. The van der Waals surface area contributed by atoms with Gasteiger partial charge in [0.05, 0.1) is 11.4 Å². The molecule has 3 aromatic rings. The number of primary sulfonamides is 1. The number of aryl methyl sites for hydroxylation is 2. The summed E-state index contributed by atoms with van der Waals surface area (Å²) < 4.78 is 23.2. The molecule has 11 heteroatoms. The van der Waals surface area contributed by atoms with Gasteiger partial charge >= 0.3 is 0 Å². The van der Waals surface area contributed by atoms with Crippen molar-refractivity contribution in [2.75, 3.05) is 17.6 Å². The van der Waals surface area contributed by atoms with Crippen LogP contribution in [-0.4, -0.2) is 47.8 Å². The summed E-state index contributed by atoms with van der Waals surface area (Å²) in [7, 11) is -3.78. The largest absolute Gasteiger partial charge is 0.326 e. The van der Waals surface area contributed by atoms with Crippen LogP contribution in [0.2, 0.25) is 0 Å². The van der Waals surface area contributed by atoms with Crippen molar-refractivity contribution in [3.63, 3.8) is 0 Å². The number of aliphatic imine (C=N–C) groups is 1. The van der Waals surface area contributed by atoms with E-state index in [4.69, 9.17) is 10.1 Å². The van der Waals surface area contributed by atoms with E-state index in [1.54, 1.807) is 17.0 Å². The lowest BCUT2D eigenvalue weighted by atomic mass is 10.0. The highest BCUT2D eigenvalue weighted by molar-refractivity contribution is 8.15. The number of fused-ring (bicyclic) bond motifs is 1. The van der Waals surface area contributed by atoms with E-state index in [0.717, 1.165) is 29.0 Å². The van der Waals surface area contributed by atoms with Crippen LogP contribution in [-0.2, 0) is 32.6 Å². The Morgan fingerprint density at radius 1 is 1.05 bits per heavy atom. The first-order chi connectivity index (χ1) is 19.2. The van der Waals surface area contributed by atoms with E-state index in [-0.39, 0.29) is 34.9 Å². The number of amides is 2. The summed E-state index contributed by atoms with van der Waals surface area (Å²) in [6.07, 6.45) is 1.03. The molecule has 2 atom stereocenters. The number of carbonyl (C=O) groups is 2. The Hall–Kier alpha value is -3.12. The zero-order valence-corrected chi connectivity index (χ0v) is 24.4. The Morgan fingerprint density at radius 3 is 2.52 bits per heavy atom. The molecule has 2 aliphatic heterocycles. The molecule has 0 spiro atoms. The van der Waals surface area contributed by atoms with Gasteiger partial charge in [-0.15, -0.1) is 0 Å². The van der Waals surface area contributed by atoms with E-state index in [2.05, 4.69) is 17.4 Å². The number of hydrogen-bond acceptors (Lipinski definition) is 7. The zero-order chi connectivity index (χ0) is 28.3. The van der Waals surface area contributed by atoms with E-state index >= 15 is 0 Å². The summed E-state index contributed by atoms with van der Waals surface area (Å²) in [5.41, 5.74) is 4.99. The monoisotopic (exact) mass is 594 g/mol. The average molecular weight is 595 g/mol. The van der Waals surface area contributed by atoms with E-state index in [1.165, 1.54) is 35.0 Å². The average Bonchev–Trinajstić information content (AvgIpc) is 3.22. The minimum atomic E-state index is -3.78. The van der Waals surface area contributed by atoms with Crippen molar-refractivity contribution in [3.05, 3.63) is 95.1 Å². The van der Waals surface area contributed by atoms with E-state index in [0.29, 0.717) is 11.7 Å². The van der Waals surface area contributed by atoms with Crippen LogP contribution in [0.1, 0.15) is 33.9 Å². The maximum atomic E-state index is 13.7. The van der Waals surface area contributed by atoms with Gasteiger partial charge in [0.1, 0.15) is 5.25 Å². The zero-order valence-electron chi connectivity index (χ0n) is 21.9. The summed E-state index contributed by atoms with van der Waals surface area (Å²) in [6, 6.07) is 22.1. The van der Waals surface area contributed by atoms with Crippen molar-refractivity contribution in [2.24, 2.45) is 10.1 Å². The van der Waals surface area contributed by atoms with Crippen LogP contribution in [0, 0.1) is 6.92 Å². The number of nitrogens with one attached hydrogen (secondary N) is 1. The van der Waals surface area contributed by atoms with E-state index < -0.39 is 15.3 Å². The maximum Gasteiger partial charge on any atom is 0.242 e. The van der Waals surface area contributed by atoms with Gasteiger partial charge in [0, 0.05) is 23.9 Å². The van der Waals surface area contributed by atoms with Crippen LogP contribution in [0.15, 0.2) is 82.7 Å². The predicted molar refractivity (Wildman–Crippen MR) is 162 cm³/mol. The van der Waals surface area contributed by atoms with E-state index in [1.807, 2.05) is 55.1 Å². The molecule has 0 saturated carbocycles. The van der Waals surface area contributed by atoms with Crippen molar-refractivity contribution in [3.8, 4) is 0 Å². The fourth-order valence-electron chi connectivity index (χ4n) is 4.75. The molecule has 40 heavy (non-hydrogen) atoms. The molecule has 3 N–H and O–H groups in total. The van der Waals surface area contributed by atoms with Crippen molar-refractivity contribution in [1.29, 1.82) is 0 Å². The van der Waals surface area contributed by atoms with Gasteiger partial charge in [0.25, 0.3) is 0 Å². The van der Waals surface area contributed by atoms with Crippen molar-refractivity contribution >= 4 is 56.2 Å². The molecule has 3 aromatic carbocycles. The number of sulfonamides is 1. The van der Waals surface area contributed by atoms with E-state index in [9.17, 15) is 18.0 Å². The van der Waals surface area contributed by atoms with Gasteiger partial charge in [0.2, 0.25) is 21.8 Å². The second-order valence-electron chi connectivity index (χ2n) is 9.72. The molecule has 5 rings (SSSR count). The molecule has 0 radical (unpaired) electrons. The molecular weight excluding hydrogens is 565 g/mol. The van der Waals surface area contributed by atoms with Gasteiger partial charge in [-0.25, -0.2) is 13.6 Å². The molecule has 2 amide bonds. The first kappa shape index (κ1) is 28.4. The quantitative estimate of drug-likeness (QED) is 0.396. The Bertz CT molecular complexity index is 1560. The molecule has 0 bridgehead atoms. The maximum absolute atomic E-state index is 13.7. The van der Waals surface area contributed by atoms with Gasteiger partial charge in [-0.3, -0.25) is 19.5 Å².